The van der Waals surface area contributed by atoms with Crippen LogP contribution in [0.4, 0.5) is 11.4 Å². The molecule has 0 N–H and O–H groups in total. The van der Waals surface area contributed by atoms with Crippen molar-refractivity contribution in [1.82, 2.24) is 0 Å². The maximum Gasteiger partial charge on any atom is 0.334 e. The fourth-order valence-electron chi connectivity index (χ4n) is 7.78. The Labute approximate surface area is 236 Å². The molecule has 2 aromatic rings. The highest BCUT2D eigenvalue weighted by Crippen LogP contribution is 2.68. The van der Waals surface area contributed by atoms with Gasteiger partial charge in [0.1, 0.15) is 11.5 Å². The van der Waals surface area contributed by atoms with E-state index < -0.39 is 64.6 Å². The number of nitrogens with zero attached hydrogens (tertiary/aromatic N) is 2. The number of methoxy groups -OCH3 is 2. The van der Waals surface area contributed by atoms with Crippen molar-refractivity contribution >= 4 is 41.0 Å². The van der Waals surface area contributed by atoms with E-state index >= 15 is 0 Å². The fraction of sp³-hybridized carbons (Fsp3) is 0.387. The number of carbonyl (C=O) groups excluding carboxylic acids is 5. The summed E-state index contributed by atoms with van der Waals surface area (Å²) in [6, 6.07) is 13.1. The van der Waals surface area contributed by atoms with Gasteiger partial charge in [-0.1, -0.05) is 12.5 Å². The Bertz CT molecular complexity index is 1430. The average molecular weight is 559 g/mol. The first-order valence-corrected chi connectivity index (χ1v) is 13.5. The van der Waals surface area contributed by atoms with E-state index in [-0.39, 0.29) is 12.2 Å². The molecule has 2 unspecified atom stereocenters. The Balaban J connectivity index is 1.51. The van der Waals surface area contributed by atoms with Crippen molar-refractivity contribution in [2.75, 3.05) is 30.6 Å². The average Bonchev–Trinajstić information content (AvgIpc) is 3.39. The molecule has 10 heteroatoms. The van der Waals surface area contributed by atoms with Crippen molar-refractivity contribution in [3.8, 4) is 11.5 Å². The van der Waals surface area contributed by atoms with Crippen molar-refractivity contribution in [3.05, 3.63) is 59.7 Å². The van der Waals surface area contributed by atoms with E-state index in [9.17, 15) is 24.0 Å². The normalized spacial score (nSPS) is 30.1. The number of allylic oxidation sites excluding steroid dienone is 1. The van der Waals surface area contributed by atoms with Crippen LogP contribution >= 0.6 is 0 Å². The number of ether oxygens (including phenoxy) is 3. The molecule has 3 fully saturated rings. The third kappa shape index (κ3) is 3.39. The highest BCUT2D eigenvalue weighted by Gasteiger charge is 2.77. The molecule has 0 radical (unpaired) electrons. The zero-order chi connectivity index (χ0) is 29.4. The number of carbonyl (C=O) groups is 5. The highest BCUT2D eigenvalue weighted by molar-refractivity contribution is 6.27. The molecule has 3 aliphatic carbocycles. The van der Waals surface area contributed by atoms with Gasteiger partial charge in [0.15, 0.2) is 0 Å². The zero-order valence-electron chi connectivity index (χ0n) is 23.4. The number of rotatable bonds is 6. The van der Waals surface area contributed by atoms with Crippen LogP contribution in [0.1, 0.15) is 20.8 Å². The van der Waals surface area contributed by atoms with Crippen molar-refractivity contribution in [3.63, 3.8) is 0 Å². The number of imide groups is 2. The van der Waals surface area contributed by atoms with Crippen LogP contribution in [-0.4, -0.2) is 50.4 Å². The van der Waals surface area contributed by atoms with Crippen LogP contribution in [0, 0.1) is 35.0 Å². The number of amides is 4. The molecule has 2 aliphatic heterocycles. The number of anilines is 2. The van der Waals surface area contributed by atoms with E-state index in [1.165, 1.54) is 14.2 Å². The van der Waals surface area contributed by atoms with Gasteiger partial charge in [0.25, 0.3) is 0 Å². The van der Waals surface area contributed by atoms with Gasteiger partial charge in [-0.2, -0.15) is 0 Å². The molecule has 212 valence electrons. The summed E-state index contributed by atoms with van der Waals surface area (Å²) in [5, 5.41) is 0. The number of esters is 1. The maximum atomic E-state index is 14.2. The van der Waals surface area contributed by atoms with Crippen molar-refractivity contribution in [1.29, 1.82) is 0 Å². The van der Waals surface area contributed by atoms with E-state index in [0.29, 0.717) is 28.4 Å². The topological polar surface area (TPSA) is 120 Å². The summed E-state index contributed by atoms with van der Waals surface area (Å²) in [4.78, 5) is 72.3. The lowest BCUT2D eigenvalue weighted by Crippen LogP contribution is -2.61. The summed E-state index contributed by atoms with van der Waals surface area (Å²) >= 11 is 0. The molecule has 2 heterocycles. The molecule has 41 heavy (non-hydrogen) atoms. The van der Waals surface area contributed by atoms with Crippen molar-refractivity contribution in [2.24, 2.45) is 35.0 Å². The quantitative estimate of drug-likeness (QED) is 0.392. The molecular formula is C31H30N2O8. The predicted molar refractivity (Wildman–Crippen MR) is 146 cm³/mol. The molecule has 2 bridgehead atoms. The Hall–Kier alpha value is -4.47. The van der Waals surface area contributed by atoms with E-state index in [0.717, 1.165) is 9.80 Å². The maximum absolute atomic E-state index is 14.2. The number of hydrogen-bond donors (Lipinski definition) is 0. The van der Waals surface area contributed by atoms with Gasteiger partial charge in [-0.3, -0.25) is 29.0 Å². The van der Waals surface area contributed by atoms with E-state index in [4.69, 9.17) is 14.2 Å². The molecule has 7 rings (SSSR count). The van der Waals surface area contributed by atoms with Crippen molar-refractivity contribution < 1.29 is 38.2 Å². The van der Waals surface area contributed by atoms with Gasteiger partial charge in [0.2, 0.25) is 23.6 Å². The second kappa shape index (κ2) is 9.29. The second-order valence-corrected chi connectivity index (χ2v) is 11.0. The summed E-state index contributed by atoms with van der Waals surface area (Å²) in [6.45, 7) is 5.14. The lowest BCUT2D eigenvalue weighted by atomic mass is 9.43. The first-order valence-electron chi connectivity index (χ1n) is 13.5. The molecule has 5 aliphatic rings. The minimum Gasteiger partial charge on any atom is -0.497 e. The molecule has 10 nitrogen and oxygen atoms in total. The fourth-order valence-corrected chi connectivity index (χ4v) is 7.78. The van der Waals surface area contributed by atoms with E-state index in [1.54, 1.807) is 69.3 Å². The smallest absolute Gasteiger partial charge is 0.334 e. The molecule has 2 saturated heterocycles. The number of hydrogen-bond acceptors (Lipinski definition) is 8. The monoisotopic (exact) mass is 558 g/mol. The lowest BCUT2D eigenvalue weighted by Gasteiger charge is -2.55. The summed E-state index contributed by atoms with van der Waals surface area (Å²) in [6.07, 6.45) is 0. The zero-order valence-corrected chi connectivity index (χ0v) is 23.4. The Morgan fingerprint density at radius 1 is 0.732 bits per heavy atom. The van der Waals surface area contributed by atoms with Gasteiger partial charge in [-0.25, -0.2) is 4.79 Å². The van der Waals surface area contributed by atoms with Crippen LogP contribution in [-0.2, 0) is 28.7 Å². The van der Waals surface area contributed by atoms with Gasteiger partial charge in [0.05, 0.1) is 55.9 Å². The molecule has 0 spiro atoms. The van der Waals surface area contributed by atoms with Crippen LogP contribution in [0.5, 0.6) is 11.5 Å². The molecule has 6 atom stereocenters. The molecular weight excluding hydrogens is 528 g/mol. The molecule has 2 aromatic carbocycles. The highest BCUT2D eigenvalue weighted by atomic mass is 16.5. The Morgan fingerprint density at radius 2 is 1.15 bits per heavy atom. The predicted octanol–water partition coefficient (Wildman–Crippen LogP) is 3.14. The van der Waals surface area contributed by atoms with Crippen LogP contribution in [0.2, 0.25) is 0 Å². The summed E-state index contributed by atoms with van der Waals surface area (Å²) in [7, 11) is 3.03. The van der Waals surface area contributed by atoms with Gasteiger partial charge in [0, 0.05) is 16.9 Å². The SMILES string of the molecule is CCOC(=O)C1=C(C)C2[C@@H]3C(=O)N(c4ccc(OC)cc4)C(=O)[C@H]3C1(C)[C@H]1C(=O)N(c3ccc(OC)cc3)C(=O)[C@@H]21. The van der Waals surface area contributed by atoms with Gasteiger partial charge < -0.3 is 14.2 Å². The first-order chi connectivity index (χ1) is 19.6. The third-order valence-corrected chi connectivity index (χ3v) is 9.34. The Morgan fingerprint density at radius 3 is 1.51 bits per heavy atom. The van der Waals surface area contributed by atoms with Crippen molar-refractivity contribution in [2.45, 2.75) is 20.8 Å². The first kappa shape index (κ1) is 26.7. The minimum absolute atomic E-state index is 0.0915. The van der Waals surface area contributed by atoms with Crippen LogP contribution in [0.25, 0.3) is 0 Å². The summed E-state index contributed by atoms with van der Waals surface area (Å²) < 4.78 is 15.9. The second-order valence-electron chi connectivity index (χ2n) is 11.0. The van der Waals surface area contributed by atoms with Crippen LogP contribution in [0.15, 0.2) is 59.7 Å². The molecule has 4 amide bonds. The minimum atomic E-state index is -1.46. The summed E-state index contributed by atoms with van der Waals surface area (Å²) in [5.74, 6) is -6.15. The van der Waals surface area contributed by atoms with E-state index in [1.807, 2.05) is 0 Å². The Kier molecular flexibility index (Phi) is 6.06. The lowest BCUT2D eigenvalue weighted by molar-refractivity contribution is -0.155. The van der Waals surface area contributed by atoms with E-state index in [2.05, 4.69) is 0 Å². The summed E-state index contributed by atoms with van der Waals surface area (Å²) in [5.41, 5.74) is -0.0128. The van der Waals surface area contributed by atoms with Crippen LogP contribution in [0.3, 0.4) is 0 Å². The third-order valence-electron chi connectivity index (χ3n) is 9.34. The standard InChI is InChI=1S/C31H30N2O8/c1-6-41-30(38)23-15(2)20-21-24(28(36)32(26(21)34)16-7-11-18(39-4)12-8-16)31(23,3)25-22(20)27(35)33(29(25)37)17-9-13-19(40-5)14-10-17/h7-14,20-22,24-25H,6H2,1-5H3/t20?,21-,22-,24-,25+,31?/m0/s1. The van der Waals surface area contributed by atoms with Crippen LogP contribution < -0.4 is 19.3 Å². The molecule has 1 saturated carbocycles. The largest absolute Gasteiger partial charge is 0.497 e. The van der Waals surface area contributed by atoms with Gasteiger partial charge in [-0.05, 0) is 62.4 Å². The van der Waals surface area contributed by atoms with Gasteiger partial charge in [-0.15, -0.1) is 0 Å². The van der Waals surface area contributed by atoms with Gasteiger partial charge >= 0.3 is 5.97 Å². The molecule has 0 aromatic heterocycles. The number of benzene rings is 2.